The highest BCUT2D eigenvalue weighted by Crippen LogP contribution is 2.25. The van der Waals surface area contributed by atoms with Crippen molar-refractivity contribution in [2.45, 2.75) is 0 Å². The summed E-state index contributed by atoms with van der Waals surface area (Å²) < 4.78 is 10.5. The first-order valence-corrected chi connectivity index (χ1v) is 6.30. The fourth-order valence-corrected chi connectivity index (χ4v) is 2.17. The van der Waals surface area contributed by atoms with Gasteiger partial charge in [-0.25, -0.2) is 9.78 Å². The molecule has 0 aliphatic carbocycles. The number of hydrogen-bond donors (Lipinski definition) is 0. The van der Waals surface area contributed by atoms with E-state index in [1.807, 2.05) is 0 Å². The van der Waals surface area contributed by atoms with Gasteiger partial charge in [0, 0.05) is 10.6 Å². The van der Waals surface area contributed by atoms with Crippen molar-refractivity contribution in [3.8, 4) is 17.2 Å². The maximum atomic E-state index is 12.0. The molecular formula is C15H10ClNO3. The first kappa shape index (κ1) is 12.7. The second-order valence-electron chi connectivity index (χ2n) is 4.17. The molecule has 0 atom stereocenters. The number of ether oxygens (including phenoxy) is 1. The number of para-hydroxylation sites is 1. The molecule has 100 valence electrons. The van der Waals surface area contributed by atoms with Gasteiger partial charge in [-0.3, -0.25) is 0 Å². The van der Waals surface area contributed by atoms with Crippen LogP contribution in [0.3, 0.4) is 0 Å². The highest BCUT2D eigenvalue weighted by atomic mass is 35.5. The Labute approximate surface area is 119 Å². The lowest BCUT2D eigenvalue weighted by molar-refractivity contribution is 0.417. The number of methoxy groups -OCH3 is 1. The molecule has 1 heterocycles. The van der Waals surface area contributed by atoms with E-state index >= 15 is 0 Å². The van der Waals surface area contributed by atoms with E-state index < -0.39 is 5.63 Å². The van der Waals surface area contributed by atoms with E-state index in [4.69, 9.17) is 20.8 Å². The molecule has 0 saturated heterocycles. The van der Waals surface area contributed by atoms with Gasteiger partial charge >= 0.3 is 5.63 Å². The number of benzene rings is 2. The lowest BCUT2D eigenvalue weighted by Crippen LogP contribution is -2.04. The van der Waals surface area contributed by atoms with Crippen LogP contribution >= 0.6 is 11.6 Å². The second-order valence-corrected chi connectivity index (χ2v) is 4.61. The van der Waals surface area contributed by atoms with Gasteiger partial charge in [0.05, 0.1) is 12.5 Å². The number of fused-ring (bicyclic) bond motifs is 1. The molecule has 0 aliphatic heterocycles. The molecule has 0 bridgehead atoms. The summed E-state index contributed by atoms with van der Waals surface area (Å²) in [7, 11) is 1.53. The minimum absolute atomic E-state index is 0.217. The Morgan fingerprint density at radius 3 is 2.75 bits per heavy atom. The van der Waals surface area contributed by atoms with Gasteiger partial charge in [-0.1, -0.05) is 23.7 Å². The van der Waals surface area contributed by atoms with E-state index in [-0.39, 0.29) is 5.89 Å². The molecule has 3 rings (SSSR count). The third-order valence-electron chi connectivity index (χ3n) is 2.91. The molecule has 5 heteroatoms. The second kappa shape index (κ2) is 4.98. The lowest BCUT2D eigenvalue weighted by atomic mass is 10.2. The van der Waals surface area contributed by atoms with E-state index in [0.29, 0.717) is 27.2 Å². The Morgan fingerprint density at radius 1 is 1.20 bits per heavy atom. The molecule has 0 unspecified atom stereocenters. The van der Waals surface area contributed by atoms with Crippen LogP contribution in [0, 0.1) is 0 Å². The summed E-state index contributed by atoms with van der Waals surface area (Å²) in [5, 5.41) is 0.933. The molecule has 0 saturated carbocycles. The van der Waals surface area contributed by atoms with Crippen molar-refractivity contribution in [3.05, 3.63) is 57.9 Å². The SMILES string of the molecule is COc1cccc2c(=O)oc(-c3cccc(Cl)c3)nc12. The quantitative estimate of drug-likeness (QED) is 0.724. The van der Waals surface area contributed by atoms with Gasteiger partial charge in [-0.05, 0) is 30.3 Å². The topological polar surface area (TPSA) is 52.3 Å². The smallest absolute Gasteiger partial charge is 0.347 e. The zero-order valence-corrected chi connectivity index (χ0v) is 11.3. The van der Waals surface area contributed by atoms with E-state index in [1.165, 1.54) is 7.11 Å². The monoisotopic (exact) mass is 287 g/mol. The minimum atomic E-state index is -0.455. The average molecular weight is 288 g/mol. The van der Waals surface area contributed by atoms with Gasteiger partial charge in [0.2, 0.25) is 5.89 Å². The average Bonchev–Trinajstić information content (AvgIpc) is 2.46. The van der Waals surface area contributed by atoms with Crippen molar-refractivity contribution in [2.75, 3.05) is 7.11 Å². The van der Waals surface area contributed by atoms with Crippen LogP contribution in [0.25, 0.3) is 22.4 Å². The van der Waals surface area contributed by atoms with Gasteiger partial charge in [-0.2, -0.15) is 0 Å². The molecule has 0 N–H and O–H groups in total. The Balaban J connectivity index is 2.31. The molecule has 0 amide bonds. The summed E-state index contributed by atoms with van der Waals surface area (Å²) in [6.45, 7) is 0. The number of halogens is 1. The van der Waals surface area contributed by atoms with Gasteiger partial charge in [-0.15, -0.1) is 0 Å². The number of aromatic nitrogens is 1. The van der Waals surface area contributed by atoms with Gasteiger partial charge in [0.1, 0.15) is 11.3 Å². The maximum Gasteiger partial charge on any atom is 0.347 e. The number of nitrogens with zero attached hydrogens (tertiary/aromatic N) is 1. The van der Waals surface area contributed by atoms with Gasteiger partial charge in [0.25, 0.3) is 0 Å². The normalized spacial score (nSPS) is 10.7. The van der Waals surface area contributed by atoms with Crippen molar-refractivity contribution < 1.29 is 9.15 Å². The standard InChI is InChI=1S/C15H10ClNO3/c1-19-12-7-3-6-11-13(12)17-14(20-15(11)18)9-4-2-5-10(16)8-9/h2-8H,1H3. The molecule has 0 aliphatic rings. The van der Waals surface area contributed by atoms with Crippen molar-refractivity contribution in [2.24, 2.45) is 0 Å². The predicted octanol–water partition coefficient (Wildman–Crippen LogP) is 3.52. The minimum Gasteiger partial charge on any atom is -0.494 e. The van der Waals surface area contributed by atoms with Crippen molar-refractivity contribution >= 4 is 22.5 Å². The summed E-state index contributed by atoms with van der Waals surface area (Å²) in [6, 6.07) is 12.1. The van der Waals surface area contributed by atoms with E-state index in [9.17, 15) is 4.79 Å². The first-order chi connectivity index (χ1) is 9.69. The molecule has 0 spiro atoms. The predicted molar refractivity (Wildman–Crippen MR) is 77.3 cm³/mol. The maximum absolute atomic E-state index is 12.0. The summed E-state index contributed by atoms with van der Waals surface area (Å²) in [6.07, 6.45) is 0. The Kier molecular flexibility index (Phi) is 3.16. The largest absolute Gasteiger partial charge is 0.494 e. The fraction of sp³-hybridized carbons (Fsp3) is 0.0667. The molecule has 4 nitrogen and oxygen atoms in total. The first-order valence-electron chi connectivity index (χ1n) is 5.93. The van der Waals surface area contributed by atoms with Crippen molar-refractivity contribution in [1.29, 1.82) is 0 Å². The van der Waals surface area contributed by atoms with Crippen molar-refractivity contribution in [1.82, 2.24) is 4.98 Å². The summed E-state index contributed by atoms with van der Waals surface area (Å²) >= 11 is 5.94. The lowest BCUT2D eigenvalue weighted by Gasteiger charge is -2.05. The third kappa shape index (κ3) is 2.14. The highest BCUT2D eigenvalue weighted by molar-refractivity contribution is 6.30. The Hall–Kier alpha value is -2.33. The van der Waals surface area contributed by atoms with Crippen molar-refractivity contribution in [3.63, 3.8) is 0 Å². The molecule has 20 heavy (non-hydrogen) atoms. The zero-order valence-electron chi connectivity index (χ0n) is 10.6. The van der Waals surface area contributed by atoms with Crippen LogP contribution in [0.15, 0.2) is 51.7 Å². The van der Waals surface area contributed by atoms with Gasteiger partial charge in [0.15, 0.2) is 0 Å². The summed E-state index contributed by atoms with van der Waals surface area (Å²) in [4.78, 5) is 16.4. The van der Waals surface area contributed by atoms with E-state index in [1.54, 1.807) is 42.5 Å². The molecule has 2 aromatic carbocycles. The van der Waals surface area contributed by atoms with Gasteiger partial charge < -0.3 is 9.15 Å². The summed E-state index contributed by atoms with van der Waals surface area (Å²) in [5.74, 6) is 0.744. The third-order valence-corrected chi connectivity index (χ3v) is 3.15. The van der Waals surface area contributed by atoms with Crippen LogP contribution < -0.4 is 10.4 Å². The zero-order chi connectivity index (χ0) is 14.1. The van der Waals surface area contributed by atoms with E-state index in [0.717, 1.165) is 0 Å². The van der Waals surface area contributed by atoms with Crippen LogP contribution in [0.1, 0.15) is 0 Å². The number of hydrogen-bond acceptors (Lipinski definition) is 4. The van der Waals surface area contributed by atoms with Crippen LogP contribution in [0.4, 0.5) is 0 Å². The molecule has 3 aromatic rings. The molecule has 0 fully saturated rings. The number of rotatable bonds is 2. The molecular weight excluding hydrogens is 278 g/mol. The van der Waals surface area contributed by atoms with E-state index in [2.05, 4.69) is 4.98 Å². The fourth-order valence-electron chi connectivity index (χ4n) is 1.98. The Bertz CT molecular complexity index is 842. The van der Waals surface area contributed by atoms with Crippen LogP contribution in [-0.2, 0) is 0 Å². The highest BCUT2D eigenvalue weighted by Gasteiger charge is 2.12. The van der Waals surface area contributed by atoms with Crippen LogP contribution in [0.2, 0.25) is 5.02 Å². The van der Waals surface area contributed by atoms with Crippen LogP contribution in [0.5, 0.6) is 5.75 Å². The summed E-state index contributed by atoms with van der Waals surface area (Å²) in [5.41, 5.74) is 0.660. The molecule has 1 aromatic heterocycles. The van der Waals surface area contributed by atoms with Crippen LogP contribution in [-0.4, -0.2) is 12.1 Å². The molecule has 0 radical (unpaired) electrons. The Morgan fingerprint density at radius 2 is 2.00 bits per heavy atom.